The number of piperidine rings is 1. The molecule has 0 spiro atoms. The van der Waals surface area contributed by atoms with Crippen molar-refractivity contribution in [3.8, 4) is 5.75 Å². The third-order valence-electron chi connectivity index (χ3n) is 4.13. The average Bonchev–Trinajstić information content (AvgIpc) is 2.38. The van der Waals surface area contributed by atoms with Crippen molar-refractivity contribution in [1.82, 2.24) is 5.32 Å². The number of nitrogens with one attached hydrogen (secondary N) is 1. The Kier molecular flexibility index (Phi) is 3.25. The molecule has 0 aromatic heterocycles. The highest BCUT2D eigenvalue weighted by Crippen LogP contribution is 2.41. The van der Waals surface area contributed by atoms with Crippen molar-refractivity contribution in [2.75, 3.05) is 20.3 Å². The van der Waals surface area contributed by atoms with Crippen LogP contribution in [0, 0.1) is 6.92 Å². The minimum Gasteiger partial charge on any atom is -0.496 e. The Balaban J connectivity index is 1.97. The zero-order valence-electron chi connectivity index (χ0n) is 11.5. The number of fused-ring (bicyclic) bond motifs is 2. The van der Waals surface area contributed by atoms with Gasteiger partial charge in [-0.05, 0) is 31.9 Å². The van der Waals surface area contributed by atoms with Crippen molar-refractivity contribution in [3.63, 3.8) is 0 Å². The molecular weight excluding hydrogens is 242 g/mol. The molecule has 2 saturated heterocycles. The third kappa shape index (κ3) is 2.36. The van der Waals surface area contributed by atoms with Gasteiger partial charge in [-0.3, -0.25) is 0 Å². The lowest BCUT2D eigenvalue weighted by Gasteiger charge is -2.45. The molecule has 2 aliphatic rings. The van der Waals surface area contributed by atoms with Gasteiger partial charge in [0.2, 0.25) is 0 Å². The maximum Gasteiger partial charge on any atom is 0.124 e. The van der Waals surface area contributed by atoms with Crippen LogP contribution in [0.2, 0.25) is 0 Å². The van der Waals surface area contributed by atoms with Gasteiger partial charge in [0.25, 0.3) is 0 Å². The van der Waals surface area contributed by atoms with Crippen molar-refractivity contribution >= 4 is 0 Å². The van der Waals surface area contributed by atoms with Gasteiger partial charge in [-0.2, -0.15) is 0 Å². The molecule has 4 nitrogen and oxygen atoms in total. The van der Waals surface area contributed by atoms with Gasteiger partial charge in [-0.1, -0.05) is 11.6 Å². The number of rotatable bonds is 2. The molecule has 2 unspecified atom stereocenters. The summed E-state index contributed by atoms with van der Waals surface area (Å²) in [6, 6.07) is 6.44. The summed E-state index contributed by atoms with van der Waals surface area (Å²) < 4.78 is 11.0. The number of ether oxygens (including phenoxy) is 2. The first-order valence-corrected chi connectivity index (χ1v) is 6.82. The monoisotopic (exact) mass is 263 g/mol. The van der Waals surface area contributed by atoms with Crippen LogP contribution in [0.4, 0.5) is 0 Å². The van der Waals surface area contributed by atoms with E-state index in [0.29, 0.717) is 26.1 Å². The fraction of sp³-hybridized carbons (Fsp3) is 0.600. The summed E-state index contributed by atoms with van der Waals surface area (Å²) in [4.78, 5) is 0. The van der Waals surface area contributed by atoms with E-state index < -0.39 is 5.60 Å². The SMILES string of the molecule is COc1ccc(C)cc1C1(O)CC2COCC(C1)N2. The molecule has 1 aromatic rings. The molecule has 104 valence electrons. The molecule has 19 heavy (non-hydrogen) atoms. The van der Waals surface area contributed by atoms with E-state index in [1.54, 1.807) is 7.11 Å². The fourth-order valence-electron chi connectivity index (χ4n) is 3.32. The standard InChI is InChI=1S/C15H21NO3/c1-10-3-4-14(18-2)13(5-10)15(17)6-11-8-19-9-12(7-15)16-11/h3-5,11-12,16-17H,6-9H2,1-2H3. The molecule has 0 aliphatic carbocycles. The van der Waals surface area contributed by atoms with Gasteiger partial charge >= 0.3 is 0 Å². The molecule has 2 aliphatic heterocycles. The van der Waals surface area contributed by atoms with E-state index in [-0.39, 0.29) is 12.1 Å². The van der Waals surface area contributed by atoms with Gasteiger partial charge in [-0.25, -0.2) is 0 Å². The Bertz CT molecular complexity index is 462. The van der Waals surface area contributed by atoms with E-state index in [1.807, 2.05) is 25.1 Å². The van der Waals surface area contributed by atoms with E-state index in [2.05, 4.69) is 5.32 Å². The molecule has 3 rings (SSSR count). The van der Waals surface area contributed by atoms with Crippen LogP contribution in [0.15, 0.2) is 18.2 Å². The van der Waals surface area contributed by atoms with Gasteiger partial charge in [0, 0.05) is 17.6 Å². The number of morpholine rings is 1. The second-order valence-electron chi connectivity index (χ2n) is 5.74. The van der Waals surface area contributed by atoms with Crippen LogP contribution in [-0.4, -0.2) is 37.5 Å². The van der Waals surface area contributed by atoms with Crippen LogP contribution in [-0.2, 0) is 10.3 Å². The summed E-state index contributed by atoms with van der Waals surface area (Å²) in [5.74, 6) is 0.772. The van der Waals surface area contributed by atoms with E-state index in [0.717, 1.165) is 16.9 Å². The number of benzene rings is 1. The first-order valence-electron chi connectivity index (χ1n) is 6.82. The lowest BCUT2D eigenvalue weighted by molar-refractivity contribution is -0.0810. The molecule has 0 saturated carbocycles. The van der Waals surface area contributed by atoms with Gasteiger partial charge in [-0.15, -0.1) is 0 Å². The highest BCUT2D eigenvalue weighted by atomic mass is 16.5. The zero-order chi connectivity index (χ0) is 13.5. The van der Waals surface area contributed by atoms with Gasteiger partial charge < -0.3 is 19.9 Å². The van der Waals surface area contributed by atoms with E-state index in [4.69, 9.17) is 9.47 Å². The lowest BCUT2D eigenvalue weighted by atomic mass is 9.77. The molecule has 2 heterocycles. The van der Waals surface area contributed by atoms with Crippen molar-refractivity contribution < 1.29 is 14.6 Å². The van der Waals surface area contributed by atoms with E-state index in [1.165, 1.54) is 0 Å². The number of methoxy groups -OCH3 is 1. The van der Waals surface area contributed by atoms with Crippen LogP contribution in [0.1, 0.15) is 24.0 Å². The summed E-state index contributed by atoms with van der Waals surface area (Å²) in [6.45, 7) is 3.39. The quantitative estimate of drug-likeness (QED) is 0.845. The molecule has 4 heteroatoms. The molecule has 2 fully saturated rings. The largest absolute Gasteiger partial charge is 0.496 e. The Labute approximate surface area is 113 Å². The highest BCUT2D eigenvalue weighted by molar-refractivity contribution is 5.41. The topological polar surface area (TPSA) is 50.7 Å². The first-order chi connectivity index (χ1) is 9.10. The maximum atomic E-state index is 11.1. The van der Waals surface area contributed by atoms with Gasteiger partial charge in [0.05, 0.1) is 25.9 Å². The third-order valence-corrected chi connectivity index (χ3v) is 4.13. The van der Waals surface area contributed by atoms with Crippen LogP contribution in [0.25, 0.3) is 0 Å². The minimum absolute atomic E-state index is 0.225. The summed E-state index contributed by atoms with van der Waals surface area (Å²) in [7, 11) is 1.66. The van der Waals surface area contributed by atoms with Crippen LogP contribution < -0.4 is 10.1 Å². The number of aliphatic hydroxyl groups is 1. The molecule has 2 bridgehead atoms. The first kappa shape index (κ1) is 12.9. The van der Waals surface area contributed by atoms with Gasteiger partial charge in [0.15, 0.2) is 0 Å². The zero-order valence-corrected chi connectivity index (χ0v) is 11.5. The summed E-state index contributed by atoms with van der Waals surface area (Å²) >= 11 is 0. The van der Waals surface area contributed by atoms with Crippen LogP contribution in [0.3, 0.4) is 0 Å². The van der Waals surface area contributed by atoms with Crippen molar-refractivity contribution in [2.24, 2.45) is 0 Å². The Morgan fingerprint density at radius 2 is 2.00 bits per heavy atom. The smallest absolute Gasteiger partial charge is 0.124 e. The second kappa shape index (κ2) is 4.78. The minimum atomic E-state index is -0.818. The van der Waals surface area contributed by atoms with Crippen molar-refractivity contribution in [2.45, 2.75) is 37.5 Å². The summed E-state index contributed by atoms with van der Waals surface area (Å²) in [5, 5.41) is 14.6. The summed E-state index contributed by atoms with van der Waals surface area (Å²) in [6.07, 6.45) is 1.34. The van der Waals surface area contributed by atoms with Crippen LogP contribution >= 0.6 is 0 Å². The number of aryl methyl sites for hydroxylation is 1. The van der Waals surface area contributed by atoms with Crippen LogP contribution in [0.5, 0.6) is 5.75 Å². The maximum absolute atomic E-state index is 11.1. The number of hydrogen-bond donors (Lipinski definition) is 2. The Hall–Kier alpha value is -1.10. The highest BCUT2D eigenvalue weighted by Gasteiger charge is 2.43. The van der Waals surface area contributed by atoms with Crippen molar-refractivity contribution in [3.05, 3.63) is 29.3 Å². The predicted octanol–water partition coefficient (Wildman–Crippen LogP) is 1.34. The normalized spacial score (nSPS) is 34.1. The van der Waals surface area contributed by atoms with Crippen molar-refractivity contribution in [1.29, 1.82) is 0 Å². The lowest BCUT2D eigenvalue weighted by Crippen LogP contribution is -2.58. The molecular formula is C15H21NO3. The fourth-order valence-corrected chi connectivity index (χ4v) is 3.32. The van der Waals surface area contributed by atoms with E-state index >= 15 is 0 Å². The molecule has 2 N–H and O–H groups in total. The van der Waals surface area contributed by atoms with E-state index in [9.17, 15) is 5.11 Å². The molecule has 0 radical (unpaired) electrons. The number of hydrogen-bond acceptors (Lipinski definition) is 4. The van der Waals surface area contributed by atoms with Gasteiger partial charge in [0.1, 0.15) is 5.75 Å². The molecule has 0 amide bonds. The molecule has 1 aromatic carbocycles. The predicted molar refractivity (Wildman–Crippen MR) is 72.4 cm³/mol. The average molecular weight is 263 g/mol. The summed E-state index contributed by atoms with van der Waals surface area (Å²) in [5.41, 5.74) is 1.24. The Morgan fingerprint density at radius 1 is 1.32 bits per heavy atom. The Morgan fingerprint density at radius 3 is 2.63 bits per heavy atom. The molecule has 2 atom stereocenters. The second-order valence-corrected chi connectivity index (χ2v) is 5.74.